The molecule has 0 heterocycles. The van der Waals surface area contributed by atoms with E-state index >= 15 is 0 Å². The Labute approximate surface area is 170 Å². The van der Waals surface area contributed by atoms with E-state index in [0.29, 0.717) is 16.4 Å². The summed E-state index contributed by atoms with van der Waals surface area (Å²) < 4.78 is 10.1. The van der Waals surface area contributed by atoms with Gasteiger partial charge in [-0.2, -0.15) is 0 Å². The molecule has 6 nitrogen and oxygen atoms in total. The SMILES string of the molecule is CCOC(=O)c1ccc(C(=O)OCC)c(NC(=S)Nc2ccc(C)cc2C)c1. The second kappa shape index (κ2) is 9.85. The van der Waals surface area contributed by atoms with Gasteiger partial charge in [0.1, 0.15) is 0 Å². The molecule has 0 radical (unpaired) electrons. The number of esters is 2. The maximum atomic E-state index is 12.3. The van der Waals surface area contributed by atoms with Crippen molar-refractivity contribution in [2.24, 2.45) is 0 Å². The topological polar surface area (TPSA) is 76.7 Å². The smallest absolute Gasteiger partial charge is 0.340 e. The van der Waals surface area contributed by atoms with Gasteiger partial charge in [0.05, 0.1) is 30.0 Å². The quantitative estimate of drug-likeness (QED) is 0.547. The highest BCUT2D eigenvalue weighted by atomic mass is 32.1. The Morgan fingerprint density at radius 1 is 0.893 bits per heavy atom. The third-order valence-corrected chi connectivity index (χ3v) is 4.11. The van der Waals surface area contributed by atoms with Crippen molar-refractivity contribution in [3.63, 3.8) is 0 Å². The van der Waals surface area contributed by atoms with Crippen LogP contribution in [0.2, 0.25) is 0 Å². The maximum absolute atomic E-state index is 12.3. The number of anilines is 2. The molecule has 7 heteroatoms. The van der Waals surface area contributed by atoms with Crippen LogP contribution in [0.25, 0.3) is 0 Å². The van der Waals surface area contributed by atoms with E-state index in [0.717, 1.165) is 16.8 Å². The second-order valence-electron chi connectivity index (χ2n) is 6.10. The number of ether oxygens (including phenoxy) is 2. The van der Waals surface area contributed by atoms with E-state index in [1.54, 1.807) is 13.8 Å². The number of hydrogen-bond donors (Lipinski definition) is 2. The van der Waals surface area contributed by atoms with Crippen LogP contribution in [-0.4, -0.2) is 30.3 Å². The third-order valence-electron chi connectivity index (χ3n) is 3.90. The molecule has 0 aromatic heterocycles. The van der Waals surface area contributed by atoms with E-state index in [1.165, 1.54) is 18.2 Å². The predicted octanol–water partition coefficient (Wildman–Crippen LogP) is 4.47. The number of aryl methyl sites for hydroxylation is 2. The fourth-order valence-electron chi connectivity index (χ4n) is 2.61. The number of carbonyl (C=O) groups excluding carboxylic acids is 2. The average molecular weight is 401 g/mol. The van der Waals surface area contributed by atoms with E-state index < -0.39 is 11.9 Å². The first-order valence-corrected chi connectivity index (χ1v) is 9.40. The van der Waals surface area contributed by atoms with Gasteiger partial charge in [-0.05, 0) is 69.7 Å². The number of carbonyl (C=O) groups is 2. The van der Waals surface area contributed by atoms with Crippen LogP contribution in [0.15, 0.2) is 36.4 Å². The Morgan fingerprint density at radius 3 is 2.18 bits per heavy atom. The highest BCUT2D eigenvalue weighted by Gasteiger charge is 2.17. The van der Waals surface area contributed by atoms with Crippen molar-refractivity contribution in [2.75, 3.05) is 23.8 Å². The molecule has 148 valence electrons. The van der Waals surface area contributed by atoms with E-state index in [2.05, 4.69) is 10.6 Å². The number of rotatable bonds is 6. The lowest BCUT2D eigenvalue weighted by atomic mass is 10.1. The van der Waals surface area contributed by atoms with E-state index in [1.807, 2.05) is 32.0 Å². The fourth-order valence-corrected chi connectivity index (χ4v) is 2.83. The summed E-state index contributed by atoms with van der Waals surface area (Å²) in [5.74, 6) is -0.982. The molecule has 2 aromatic rings. The van der Waals surface area contributed by atoms with E-state index in [9.17, 15) is 9.59 Å². The largest absolute Gasteiger partial charge is 0.462 e. The van der Waals surface area contributed by atoms with E-state index in [4.69, 9.17) is 21.7 Å². The van der Waals surface area contributed by atoms with Gasteiger partial charge in [0.2, 0.25) is 0 Å². The van der Waals surface area contributed by atoms with Crippen molar-refractivity contribution in [1.29, 1.82) is 0 Å². The van der Waals surface area contributed by atoms with Gasteiger partial charge < -0.3 is 20.1 Å². The number of thiocarbonyl (C=S) groups is 1. The summed E-state index contributed by atoms with van der Waals surface area (Å²) in [5.41, 5.74) is 3.99. The zero-order valence-electron chi connectivity index (χ0n) is 16.4. The molecule has 0 unspecified atom stereocenters. The maximum Gasteiger partial charge on any atom is 0.340 e. The van der Waals surface area contributed by atoms with Gasteiger partial charge in [-0.25, -0.2) is 9.59 Å². The number of hydrogen-bond acceptors (Lipinski definition) is 5. The molecule has 0 bridgehead atoms. The minimum atomic E-state index is -0.505. The molecule has 2 aromatic carbocycles. The Bertz CT molecular complexity index is 896. The van der Waals surface area contributed by atoms with Crippen molar-refractivity contribution in [1.82, 2.24) is 0 Å². The Balaban J connectivity index is 2.29. The molecule has 0 saturated carbocycles. The van der Waals surface area contributed by atoms with Crippen molar-refractivity contribution in [3.05, 3.63) is 58.7 Å². The van der Waals surface area contributed by atoms with Crippen LogP contribution in [0.3, 0.4) is 0 Å². The van der Waals surface area contributed by atoms with Gasteiger partial charge in [-0.1, -0.05) is 17.7 Å². The molecule has 0 aliphatic heterocycles. The van der Waals surface area contributed by atoms with Crippen LogP contribution >= 0.6 is 12.2 Å². The predicted molar refractivity (Wildman–Crippen MR) is 114 cm³/mol. The van der Waals surface area contributed by atoms with Gasteiger partial charge >= 0.3 is 11.9 Å². The van der Waals surface area contributed by atoms with Crippen LogP contribution in [-0.2, 0) is 9.47 Å². The fraction of sp³-hybridized carbons (Fsp3) is 0.286. The molecule has 2 rings (SSSR count). The zero-order chi connectivity index (χ0) is 20.7. The normalized spacial score (nSPS) is 10.1. The molecule has 28 heavy (non-hydrogen) atoms. The summed E-state index contributed by atoms with van der Waals surface area (Å²) in [4.78, 5) is 24.3. The Morgan fingerprint density at radius 2 is 1.54 bits per heavy atom. The summed E-state index contributed by atoms with van der Waals surface area (Å²) in [7, 11) is 0. The highest BCUT2D eigenvalue weighted by Crippen LogP contribution is 2.21. The molecule has 0 saturated heterocycles. The Hall–Kier alpha value is -2.93. The summed E-state index contributed by atoms with van der Waals surface area (Å²) >= 11 is 5.39. The highest BCUT2D eigenvalue weighted by molar-refractivity contribution is 7.80. The van der Waals surface area contributed by atoms with Crippen LogP contribution < -0.4 is 10.6 Å². The number of benzene rings is 2. The average Bonchev–Trinajstić information content (AvgIpc) is 2.64. The van der Waals surface area contributed by atoms with Crippen LogP contribution in [0, 0.1) is 13.8 Å². The molecule has 0 atom stereocenters. The van der Waals surface area contributed by atoms with Crippen molar-refractivity contribution in [2.45, 2.75) is 27.7 Å². The zero-order valence-corrected chi connectivity index (χ0v) is 17.2. The minimum absolute atomic E-state index is 0.239. The Kier molecular flexibility index (Phi) is 7.52. The van der Waals surface area contributed by atoms with Crippen molar-refractivity contribution < 1.29 is 19.1 Å². The summed E-state index contributed by atoms with van der Waals surface area (Å²) in [6.07, 6.45) is 0. The molecule has 0 fully saturated rings. The van der Waals surface area contributed by atoms with Gasteiger partial charge in [-0.15, -0.1) is 0 Å². The minimum Gasteiger partial charge on any atom is -0.462 e. The first-order valence-electron chi connectivity index (χ1n) is 8.99. The monoisotopic (exact) mass is 400 g/mol. The molecule has 2 N–H and O–H groups in total. The van der Waals surface area contributed by atoms with Gasteiger partial charge in [0.15, 0.2) is 5.11 Å². The van der Waals surface area contributed by atoms with Gasteiger partial charge in [0.25, 0.3) is 0 Å². The summed E-state index contributed by atoms with van der Waals surface area (Å²) in [5, 5.41) is 6.39. The lowest BCUT2D eigenvalue weighted by molar-refractivity contribution is 0.0512. The van der Waals surface area contributed by atoms with Crippen molar-refractivity contribution in [3.8, 4) is 0 Å². The standard InChI is InChI=1S/C21H24N2O4S/c1-5-26-19(24)15-8-9-16(20(25)27-6-2)18(12-15)23-21(28)22-17-10-7-13(3)11-14(17)4/h7-12H,5-6H2,1-4H3,(H2,22,23,28). The van der Waals surface area contributed by atoms with Crippen LogP contribution in [0.5, 0.6) is 0 Å². The first-order chi connectivity index (χ1) is 13.3. The summed E-state index contributed by atoms with van der Waals surface area (Å²) in [6.45, 7) is 7.94. The van der Waals surface area contributed by atoms with Crippen LogP contribution in [0.4, 0.5) is 11.4 Å². The van der Waals surface area contributed by atoms with Gasteiger partial charge in [0, 0.05) is 5.69 Å². The van der Waals surface area contributed by atoms with E-state index in [-0.39, 0.29) is 18.8 Å². The molecule has 0 spiro atoms. The molecule has 0 aliphatic rings. The van der Waals surface area contributed by atoms with Crippen molar-refractivity contribution >= 4 is 40.6 Å². The molecule has 0 amide bonds. The molecular formula is C21H24N2O4S. The molecular weight excluding hydrogens is 376 g/mol. The second-order valence-corrected chi connectivity index (χ2v) is 6.51. The number of nitrogens with one attached hydrogen (secondary N) is 2. The third kappa shape index (κ3) is 5.53. The summed E-state index contributed by atoms with van der Waals surface area (Å²) in [6, 6.07) is 10.5. The van der Waals surface area contributed by atoms with Crippen LogP contribution in [0.1, 0.15) is 45.7 Å². The van der Waals surface area contributed by atoms with Gasteiger partial charge in [-0.3, -0.25) is 0 Å². The molecule has 0 aliphatic carbocycles. The lowest BCUT2D eigenvalue weighted by Crippen LogP contribution is -2.22. The first kappa shape index (κ1) is 21.4. The lowest BCUT2D eigenvalue weighted by Gasteiger charge is -2.16.